The fourth-order valence-corrected chi connectivity index (χ4v) is 1.52. The molecule has 2 aromatic heterocycles. The fraction of sp³-hybridized carbons (Fsp3) is 0.231. The lowest BCUT2D eigenvalue weighted by atomic mass is 10.1. The predicted molar refractivity (Wildman–Crippen MR) is 65.3 cm³/mol. The van der Waals surface area contributed by atoms with Crippen LogP contribution in [0.4, 0.5) is 5.69 Å². The zero-order valence-electron chi connectivity index (χ0n) is 9.57. The number of nitrogens with zero attached hydrogens (tertiary/aromatic N) is 2. The van der Waals surface area contributed by atoms with Gasteiger partial charge >= 0.3 is 0 Å². The van der Waals surface area contributed by atoms with E-state index in [1.54, 1.807) is 6.20 Å². The van der Waals surface area contributed by atoms with E-state index in [9.17, 15) is 0 Å². The van der Waals surface area contributed by atoms with E-state index in [0.717, 1.165) is 12.2 Å². The number of aromatic nitrogens is 2. The number of nitrogens with one attached hydrogen (secondary N) is 1. The van der Waals surface area contributed by atoms with E-state index >= 15 is 0 Å². The van der Waals surface area contributed by atoms with E-state index in [0.29, 0.717) is 0 Å². The van der Waals surface area contributed by atoms with Crippen LogP contribution in [0.3, 0.4) is 0 Å². The molecule has 2 rings (SSSR count). The van der Waals surface area contributed by atoms with Crippen molar-refractivity contribution in [1.29, 1.82) is 0 Å². The highest BCUT2D eigenvalue weighted by Crippen LogP contribution is 2.13. The zero-order valence-corrected chi connectivity index (χ0v) is 9.57. The Bertz CT molecular complexity index is 435. The Kier molecular flexibility index (Phi) is 3.15. The van der Waals surface area contributed by atoms with Crippen LogP contribution in [0.2, 0.25) is 0 Å². The van der Waals surface area contributed by atoms with Gasteiger partial charge in [-0.15, -0.1) is 0 Å². The minimum absolute atomic E-state index is 0.784. The largest absolute Gasteiger partial charge is 0.379 e. The molecule has 3 nitrogen and oxygen atoms in total. The molecule has 0 radical (unpaired) electrons. The second-order valence-electron chi connectivity index (χ2n) is 3.85. The van der Waals surface area contributed by atoms with Crippen LogP contribution in [-0.4, -0.2) is 9.97 Å². The van der Waals surface area contributed by atoms with Gasteiger partial charge in [-0.05, 0) is 42.7 Å². The molecule has 0 aliphatic carbocycles. The van der Waals surface area contributed by atoms with Gasteiger partial charge in [-0.3, -0.25) is 9.97 Å². The van der Waals surface area contributed by atoms with Gasteiger partial charge in [0, 0.05) is 25.1 Å². The maximum Gasteiger partial charge on any atom is 0.0559 e. The molecule has 82 valence electrons. The van der Waals surface area contributed by atoms with Crippen molar-refractivity contribution in [3.8, 4) is 0 Å². The molecule has 0 saturated carbocycles. The van der Waals surface area contributed by atoms with Crippen molar-refractivity contribution in [2.24, 2.45) is 0 Å². The molecule has 3 heteroatoms. The summed E-state index contributed by atoms with van der Waals surface area (Å²) < 4.78 is 0. The van der Waals surface area contributed by atoms with Crippen molar-refractivity contribution in [1.82, 2.24) is 9.97 Å². The molecule has 0 aliphatic heterocycles. The van der Waals surface area contributed by atoms with Crippen molar-refractivity contribution in [2.75, 3.05) is 5.32 Å². The number of pyridine rings is 2. The first-order valence-electron chi connectivity index (χ1n) is 5.31. The van der Waals surface area contributed by atoms with E-state index in [1.165, 1.54) is 16.7 Å². The number of anilines is 1. The van der Waals surface area contributed by atoms with Crippen molar-refractivity contribution in [2.45, 2.75) is 20.4 Å². The third-order valence-corrected chi connectivity index (χ3v) is 2.66. The molecule has 0 spiro atoms. The molecule has 0 atom stereocenters. The summed E-state index contributed by atoms with van der Waals surface area (Å²) in [5.41, 5.74) is 4.75. The number of hydrogen-bond donors (Lipinski definition) is 1. The predicted octanol–water partition coefficient (Wildman–Crippen LogP) is 2.71. The molecule has 0 fully saturated rings. The summed E-state index contributed by atoms with van der Waals surface area (Å²) in [6.07, 6.45) is 7.36. The smallest absolute Gasteiger partial charge is 0.0559 e. The number of rotatable bonds is 3. The second-order valence-corrected chi connectivity index (χ2v) is 3.85. The SMILES string of the molecule is Cc1ccncc1CNc1cnccc1C. The average Bonchev–Trinajstić information content (AvgIpc) is 2.30. The Labute approximate surface area is 95.6 Å². The summed E-state index contributed by atoms with van der Waals surface area (Å²) in [6, 6.07) is 4.02. The van der Waals surface area contributed by atoms with Gasteiger partial charge < -0.3 is 5.32 Å². The average molecular weight is 213 g/mol. The molecule has 2 aromatic rings. The summed E-state index contributed by atoms with van der Waals surface area (Å²) in [5, 5.41) is 3.37. The Balaban J connectivity index is 2.09. The first kappa shape index (κ1) is 10.6. The topological polar surface area (TPSA) is 37.8 Å². The number of hydrogen-bond acceptors (Lipinski definition) is 3. The molecule has 0 aliphatic rings. The van der Waals surface area contributed by atoms with Crippen molar-refractivity contribution in [3.05, 3.63) is 53.6 Å². The second kappa shape index (κ2) is 4.75. The summed E-state index contributed by atoms with van der Waals surface area (Å²) in [4.78, 5) is 8.23. The van der Waals surface area contributed by atoms with Gasteiger partial charge in [-0.2, -0.15) is 0 Å². The first-order chi connectivity index (χ1) is 7.77. The van der Waals surface area contributed by atoms with Gasteiger partial charge in [-0.1, -0.05) is 0 Å². The summed E-state index contributed by atoms with van der Waals surface area (Å²) in [7, 11) is 0. The highest BCUT2D eigenvalue weighted by atomic mass is 14.9. The van der Waals surface area contributed by atoms with Gasteiger partial charge in [0.05, 0.1) is 11.9 Å². The van der Waals surface area contributed by atoms with E-state index in [4.69, 9.17) is 0 Å². The summed E-state index contributed by atoms with van der Waals surface area (Å²) >= 11 is 0. The van der Waals surface area contributed by atoms with Crippen molar-refractivity contribution in [3.63, 3.8) is 0 Å². The van der Waals surface area contributed by atoms with Crippen LogP contribution in [0.25, 0.3) is 0 Å². The summed E-state index contributed by atoms with van der Waals surface area (Å²) in [6.45, 7) is 4.95. The molecule has 0 amide bonds. The van der Waals surface area contributed by atoms with Crippen LogP contribution >= 0.6 is 0 Å². The molecule has 0 bridgehead atoms. The lowest BCUT2D eigenvalue weighted by molar-refractivity contribution is 1.07. The molecule has 2 heterocycles. The molecule has 0 aromatic carbocycles. The third-order valence-electron chi connectivity index (χ3n) is 2.66. The van der Waals surface area contributed by atoms with Crippen LogP contribution in [0, 0.1) is 13.8 Å². The van der Waals surface area contributed by atoms with Crippen molar-refractivity contribution >= 4 is 5.69 Å². The molecule has 0 saturated heterocycles. The molecule has 0 unspecified atom stereocenters. The van der Waals surface area contributed by atoms with Crippen molar-refractivity contribution < 1.29 is 0 Å². The Morgan fingerprint density at radius 1 is 1.00 bits per heavy atom. The van der Waals surface area contributed by atoms with Crippen LogP contribution in [0.1, 0.15) is 16.7 Å². The van der Waals surface area contributed by atoms with Gasteiger partial charge in [-0.25, -0.2) is 0 Å². The molecule has 1 N–H and O–H groups in total. The normalized spacial score (nSPS) is 10.1. The van der Waals surface area contributed by atoms with Gasteiger partial charge in [0.25, 0.3) is 0 Å². The summed E-state index contributed by atoms with van der Waals surface area (Å²) in [5.74, 6) is 0. The van der Waals surface area contributed by atoms with E-state index in [2.05, 4.69) is 29.1 Å². The molecule has 16 heavy (non-hydrogen) atoms. The van der Waals surface area contributed by atoms with Crippen LogP contribution in [-0.2, 0) is 6.54 Å². The molecular weight excluding hydrogens is 198 g/mol. The maximum absolute atomic E-state index is 4.12. The van der Waals surface area contributed by atoms with Gasteiger partial charge in [0.15, 0.2) is 0 Å². The van der Waals surface area contributed by atoms with E-state index in [1.807, 2.05) is 30.7 Å². The third kappa shape index (κ3) is 2.37. The Hall–Kier alpha value is -1.90. The number of aryl methyl sites for hydroxylation is 2. The van der Waals surface area contributed by atoms with Gasteiger partial charge in [0.1, 0.15) is 0 Å². The fourth-order valence-electron chi connectivity index (χ4n) is 1.52. The monoisotopic (exact) mass is 213 g/mol. The quantitative estimate of drug-likeness (QED) is 0.851. The standard InChI is InChI=1S/C13H15N3/c1-10-3-5-14-7-12(10)8-16-13-9-15-6-4-11(13)2/h3-7,9,16H,8H2,1-2H3. The van der Waals surface area contributed by atoms with Gasteiger partial charge in [0.2, 0.25) is 0 Å². The van der Waals surface area contributed by atoms with Crippen LogP contribution in [0.15, 0.2) is 36.9 Å². The lowest BCUT2D eigenvalue weighted by Crippen LogP contribution is -2.03. The first-order valence-corrected chi connectivity index (χ1v) is 5.31. The van der Waals surface area contributed by atoms with Crippen LogP contribution in [0.5, 0.6) is 0 Å². The highest BCUT2D eigenvalue weighted by molar-refractivity contribution is 5.48. The molecular formula is C13H15N3. The Morgan fingerprint density at radius 2 is 1.69 bits per heavy atom. The lowest BCUT2D eigenvalue weighted by Gasteiger charge is -2.09. The van der Waals surface area contributed by atoms with E-state index < -0.39 is 0 Å². The Morgan fingerprint density at radius 3 is 2.38 bits per heavy atom. The zero-order chi connectivity index (χ0) is 11.4. The van der Waals surface area contributed by atoms with Crippen LogP contribution < -0.4 is 5.32 Å². The van der Waals surface area contributed by atoms with E-state index in [-0.39, 0.29) is 0 Å². The minimum atomic E-state index is 0.784. The highest BCUT2D eigenvalue weighted by Gasteiger charge is 1.99. The minimum Gasteiger partial charge on any atom is -0.379 e. The maximum atomic E-state index is 4.12.